The van der Waals surface area contributed by atoms with Crippen molar-refractivity contribution in [1.82, 2.24) is 19.1 Å². The molecule has 12 aromatic rings. The molecule has 0 N–H and O–H groups in total. The smallest absolute Gasteiger partial charge is 0.235 e. The number of thiophene rings is 1. The van der Waals surface area contributed by atoms with Gasteiger partial charge in [-0.25, -0.2) is 9.97 Å². The minimum Gasteiger partial charge on any atom is -0.309 e. The summed E-state index contributed by atoms with van der Waals surface area (Å²) in [4.78, 5) is 10.2. The number of nitrogens with zero attached hydrogens (tertiary/aromatic N) is 4. The highest BCUT2D eigenvalue weighted by Crippen LogP contribution is 2.43. The Morgan fingerprint density at radius 2 is 0.930 bits per heavy atom. The predicted octanol–water partition coefficient (Wildman–Crippen LogP) is 14.0. The third-order valence-corrected chi connectivity index (χ3v) is 12.5. The van der Waals surface area contributed by atoms with E-state index in [1.165, 1.54) is 64.0 Å². The summed E-state index contributed by atoms with van der Waals surface area (Å²) in [5.74, 6) is 0.653. The largest absolute Gasteiger partial charge is 0.309 e. The lowest BCUT2D eigenvalue weighted by Crippen LogP contribution is -2.01. The molecule has 0 aliphatic heterocycles. The van der Waals surface area contributed by atoms with Crippen LogP contribution in [0.5, 0.6) is 0 Å². The van der Waals surface area contributed by atoms with Crippen molar-refractivity contribution in [3.63, 3.8) is 0 Å². The number of benzene rings is 8. The Balaban J connectivity index is 1.10. The predicted molar refractivity (Wildman–Crippen MR) is 240 cm³/mol. The van der Waals surface area contributed by atoms with Crippen molar-refractivity contribution in [2.24, 2.45) is 0 Å². The van der Waals surface area contributed by atoms with Crippen molar-refractivity contribution in [3.05, 3.63) is 194 Å². The van der Waals surface area contributed by atoms with Crippen LogP contribution < -0.4 is 0 Å². The molecule has 0 aliphatic rings. The Morgan fingerprint density at radius 1 is 0.368 bits per heavy atom. The van der Waals surface area contributed by atoms with Crippen LogP contribution in [0, 0.1) is 0 Å². The lowest BCUT2D eigenvalue weighted by Gasteiger charge is -2.14. The molecular weight excluding hydrogens is 713 g/mol. The van der Waals surface area contributed by atoms with Gasteiger partial charge in [0.05, 0.1) is 27.8 Å². The zero-order valence-corrected chi connectivity index (χ0v) is 31.5. The Kier molecular flexibility index (Phi) is 7.06. The summed E-state index contributed by atoms with van der Waals surface area (Å²) in [7, 11) is 0. The minimum absolute atomic E-state index is 0.653. The van der Waals surface area contributed by atoms with Gasteiger partial charge < -0.3 is 4.57 Å². The normalized spacial score (nSPS) is 11.9. The first-order valence-electron chi connectivity index (χ1n) is 19.2. The number of rotatable bonds is 5. The van der Waals surface area contributed by atoms with Gasteiger partial charge in [-0.15, -0.1) is 11.3 Å². The van der Waals surface area contributed by atoms with E-state index in [9.17, 15) is 0 Å². The summed E-state index contributed by atoms with van der Waals surface area (Å²) in [6, 6.07) is 67.7. The molecule has 0 saturated heterocycles. The second-order valence-corrected chi connectivity index (χ2v) is 15.7. The fourth-order valence-electron chi connectivity index (χ4n) is 8.85. The first kappa shape index (κ1) is 32.0. The van der Waals surface area contributed by atoms with Gasteiger partial charge in [0, 0.05) is 59.2 Å². The van der Waals surface area contributed by atoms with E-state index in [0.717, 1.165) is 39.0 Å². The molecule has 0 fully saturated rings. The summed E-state index contributed by atoms with van der Waals surface area (Å²) < 4.78 is 7.26. The van der Waals surface area contributed by atoms with E-state index in [1.807, 2.05) is 23.6 Å². The highest BCUT2D eigenvalue weighted by Gasteiger charge is 2.22. The molecule has 5 heteroatoms. The van der Waals surface area contributed by atoms with Crippen LogP contribution in [-0.2, 0) is 0 Å². The Hall–Kier alpha value is -7.34. The maximum atomic E-state index is 5.28. The zero-order chi connectivity index (χ0) is 37.5. The highest BCUT2D eigenvalue weighted by atomic mass is 32.1. The van der Waals surface area contributed by atoms with Gasteiger partial charge in [-0.3, -0.25) is 4.57 Å². The summed E-state index contributed by atoms with van der Waals surface area (Å²) >= 11 is 1.83. The van der Waals surface area contributed by atoms with Crippen LogP contribution in [0.15, 0.2) is 194 Å². The second kappa shape index (κ2) is 12.6. The second-order valence-electron chi connectivity index (χ2n) is 14.6. The van der Waals surface area contributed by atoms with Crippen LogP contribution in [0.25, 0.3) is 109 Å². The maximum absolute atomic E-state index is 5.28. The third-order valence-electron chi connectivity index (χ3n) is 11.4. The van der Waals surface area contributed by atoms with E-state index in [4.69, 9.17) is 9.97 Å². The standard InChI is InChI=1S/C52H32N4S/c1-3-13-33(14-4-1)36-29-37(34-15-5-2-6-16-34)31-38(30-36)55-44-20-10-7-18-40(44)50-46(55)24-25-47-51(50)41-19-8-11-21-45(41)56(47)52-53-28-27-43(54-52)35-23-26-49-42(32-35)39-17-9-12-22-48(39)57-49/h1-32H. The van der Waals surface area contributed by atoms with Crippen molar-refractivity contribution in [2.45, 2.75) is 0 Å². The average Bonchev–Trinajstić information content (AvgIpc) is 3.94. The fourth-order valence-corrected chi connectivity index (χ4v) is 9.94. The molecule has 266 valence electrons. The van der Waals surface area contributed by atoms with Gasteiger partial charge in [-0.05, 0) is 89.0 Å². The van der Waals surface area contributed by atoms with E-state index in [0.29, 0.717) is 5.95 Å². The van der Waals surface area contributed by atoms with Crippen LogP contribution in [0.4, 0.5) is 0 Å². The molecule has 0 atom stereocenters. The SMILES string of the molecule is c1ccc(-c2cc(-c3ccccc3)cc(-n3c4ccccc4c4c5c6ccccc6n(-c6nccc(-c7ccc8sc9ccccc9c8c7)n6)c5ccc43)c2)cc1. The van der Waals surface area contributed by atoms with E-state index in [-0.39, 0.29) is 0 Å². The lowest BCUT2D eigenvalue weighted by atomic mass is 9.98. The molecule has 0 saturated carbocycles. The van der Waals surface area contributed by atoms with Gasteiger partial charge in [0.15, 0.2) is 0 Å². The zero-order valence-electron chi connectivity index (χ0n) is 30.7. The quantitative estimate of drug-likeness (QED) is 0.176. The van der Waals surface area contributed by atoms with Crippen LogP contribution in [0.2, 0.25) is 0 Å². The van der Waals surface area contributed by atoms with Crippen LogP contribution >= 0.6 is 11.3 Å². The summed E-state index contributed by atoms with van der Waals surface area (Å²) in [5, 5.41) is 7.33. The summed E-state index contributed by atoms with van der Waals surface area (Å²) in [6.07, 6.45) is 1.89. The number of aromatic nitrogens is 4. The first-order chi connectivity index (χ1) is 28.3. The van der Waals surface area contributed by atoms with Crippen molar-refractivity contribution in [3.8, 4) is 45.1 Å². The number of para-hydroxylation sites is 2. The number of hydrogen-bond donors (Lipinski definition) is 0. The van der Waals surface area contributed by atoms with Crippen molar-refractivity contribution in [1.29, 1.82) is 0 Å². The monoisotopic (exact) mass is 744 g/mol. The molecular formula is C52H32N4S. The molecule has 0 amide bonds. The van der Waals surface area contributed by atoms with Gasteiger partial charge in [-0.2, -0.15) is 0 Å². The van der Waals surface area contributed by atoms with E-state index < -0.39 is 0 Å². The number of fused-ring (bicyclic) bond motifs is 10. The van der Waals surface area contributed by atoms with Gasteiger partial charge in [0.25, 0.3) is 0 Å². The van der Waals surface area contributed by atoms with Crippen molar-refractivity contribution in [2.75, 3.05) is 0 Å². The van der Waals surface area contributed by atoms with Gasteiger partial charge >= 0.3 is 0 Å². The first-order valence-corrected chi connectivity index (χ1v) is 20.1. The molecule has 8 aromatic carbocycles. The molecule has 0 unspecified atom stereocenters. The minimum atomic E-state index is 0.653. The van der Waals surface area contributed by atoms with E-state index in [1.54, 1.807) is 0 Å². The van der Waals surface area contributed by atoms with Gasteiger partial charge in [0.1, 0.15) is 0 Å². The number of hydrogen-bond acceptors (Lipinski definition) is 3. The van der Waals surface area contributed by atoms with E-state index in [2.05, 4.69) is 191 Å². The van der Waals surface area contributed by atoms with Crippen LogP contribution in [-0.4, -0.2) is 19.1 Å². The lowest BCUT2D eigenvalue weighted by molar-refractivity contribution is 0.992. The van der Waals surface area contributed by atoms with Gasteiger partial charge in [0.2, 0.25) is 5.95 Å². The fraction of sp³-hybridized carbons (Fsp3) is 0. The average molecular weight is 745 g/mol. The molecule has 0 spiro atoms. The van der Waals surface area contributed by atoms with Crippen molar-refractivity contribution < 1.29 is 0 Å². The van der Waals surface area contributed by atoms with E-state index >= 15 is 0 Å². The molecule has 0 aliphatic carbocycles. The molecule has 12 rings (SSSR count). The third kappa shape index (κ3) is 4.99. The molecule has 0 radical (unpaired) electrons. The summed E-state index contributed by atoms with van der Waals surface area (Å²) in [6.45, 7) is 0. The topological polar surface area (TPSA) is 35.6 Å². The Labute approximate surface area is 332 Å². The molecule has 57 heavy (non-hydrogen) atoms. The molecule has 4 heterocycles. The Bertz CT molecular complexity index is 3460. The molecule has 4 aromatic heterocycles. The van der Waals surface area contributed by atoms with Crippen molar-refractivity contribution >= 4 is 75.1 Å². The molecule has 0 bridgehead atoms. The van der Waals surface area contributed by atoms with Crippen LogP contribution in [0.3, 0.4) is 0 Å². The van der Waals surface area contributed by atoms with Crippen LogP contribution in [0.1, 0.15) is 0 Å². The summed E-state index contributed by atoms with van der Waals surface area (Å²) in [5.41, 5.74) is 12.3. The van der Waals surface area contributed by atoms with Gasteiger partial charge in [-0.1, -0.05) is 121 Å². The molecule has 4 nitrogen and oxygen atoms in total. The Morgan fingerprint density at radius 3 is 1.61 bits per heavy atom. The maximum Gasteiger partial charge on any atom is 0.235 e. The highest BCUT2D eigenvalue weighted by molar-refractivity contribution is 7.25.